The predicted molar refractivity (Wildman–Crippen MR) is 119 cm³/mol. The smallest absolute Gasteiger partial charge is 0.268 e. The SMILES string of the molecule is COCCn1c(C(=O)NCCN2CCOCC2)cc2c1c1ccccc1n2C(C)C. The number of carbonyl (C=O) groups excluding carboxylic acids is 1. The van der Waals surface area contributed by atoms with Crippen LogP contribution in [0.25, 0.3) is 21.9 Å². The topological polar surface area (TPSA) is 60.7 Å². The van der Waals surface area contributed by atoms with Crippen LogP contribution in [0.15, 0.2) is 30.3 Å². The van der Waals surface area contributed by atoms with Crippen molar-refractivity contribution in [3.8, 4) is 0 Å². The number of aromatic nitrogens is 2. The van der Waals surface area contributed by atoms with Crippen LogP contribution in [0.5, 0.6) is 0 Å². The molecule has 1 aliphatic rings. The Labute approximate surface area is 177 Å². The summed E-state index contributed by atoms with van der Waals surface area (Å²) in [7, 11) is 1.69. The summed E-state index contributed by atoms with van der Waals surface area (Å²) in [5, 5.41) is 4.29. The first-order valence-corrected chi connectivity index (χ1v) is 10.8. The molecule has 1 N–H and O–H groups in total. The number of ether oxygens (including phenoxy) is 2. The number of benzene rings is 1. The van der Waals surface area contributed by atoms with E-state index in [4.69, 9.17) is 9.47 Å². The number of amides is 1. The molecule has 3 heterocycles. The van der Waals surface area contributed by atoms with Crippen molar-refractivity contribution in [1.82, 2.24) is 19.4 Å². The number of methoxy groups -OCH3 is 1. The summed E-state index contributed by atoms with van der Waals surface area (Å²) >= 11 is 0. The molecule has 0 spiro atoms. The lowest BCUT2D eigenvalue weighted by Gasteiger charge is -2.26. The molecule has 1 amide bonds. The van der Waals surface area contributed by atoms with Gasteiger partial charge in [-0.3, -0.25) is 9.69 Å². The van der Waals surface area contributed by atoms with Crippen molar-refractivity contribution in [2.24, 2.45) is 0 Å². The van der Waals surface area contributed by atoms with Gasteiger partial charge < -0.3 is 23.9 Å². The van der Waals surface area contributed by atoms with E-state index in [0.717, 1.165) is 43.9 Å². The van der Waals surface area contributed by atoms with Gasteiger partial charge >= 0.3 is 0 Å². The molecule has 162 valence electrons. The van der Waals surface area contributed by atoms with Crippen molar-refractivity contribution in [2.45, 2.75) is 26.4 Å². The standard InChI is InChI=1S/C23H32N4O3/c1-17(2)27-19-7-5-4-6-18(19)22-20(27)16-21(26(22)12-13-29-3)23(28)24-8-9-25-10-14-30-15-11-25/h4-7,16-17H,8-15H2,1-3H3,(H,24,28). The number of nitrogens with one attached hydrogen (secondary N) is 1. The van der Waals surface area contributed by atoms with Crippen LogP contribution in [0, 0.1) is 0 Å². The first-order chi connectivity index (χ1) is 14.6. The third-order valence-electron chi connectivity index (χ3n) is 5.84. The number of hydrogen-bond donors (Lipinski definition) is 1. The third kappa shape index (κ3) is 3.97. The van der Waals surface area contributed by atoms with Crippen LogP contribution < -0.4 is 5.32 Å². The quantitative estimate of drug-likeness (QED) is 0.618. The second kappa shape index (κ2) is 9.20. The zero-order valence-electron chi connectivity index (χ0n) is 18.2. The van der Waals surface area contributed by atoms with Gasteiger partial charge in [0.25, 0.3) is 5.91 Å². The summed E-state index contributed by atoms with van der Waals surface area (Å²) in [5.74, 6) is -0.0325. The molecule has 0 bridgehead atoms. The van der Waals surface area contributed by atoms with E-state index in [-0.39, 0.29) is 5.91 Å². The van der Waals surface area contributed by atoms with E-state index in [1.807, 2.05) is 6.07 Å². The highest BCUT2D eigenvalue weighted by molar-refractivity contribution is 6.10. The molecule has 0 aliphatic carbocycles. The highest BCUT2D eigenvalue weighted by Crippen LogP contribution is 2.34. The zero-order chi connectivity index (χ0) is 21.1. The molecule has 0 radical (unpaired) electrons. The van der Waals surface area contributed by atoms with E-state index in [1.54, 1.807) is 7.11 Å². The Hall–Kier alpha value is -2.35. The van der Waals surface area contributed by atoms with E-state index >= 15 is 0 Å². The largest absolute Gasteiger partial charge is 0.383 e. The van der Waals surface area contributed by atoms with Gasteiger partial charge in [-0.05, 0) is 26.0 Å². The van der Waals surface area contributed by atoms with E-state index < -0.39 is 0 Å². The highest BCUT2D eigenvalue weighted by Gasteiger charge is 2.22. The minimum Gasteiger partial charge on any atom is -0.383 e. The zero-order valence-corrected chi connectivity index (χ0v) is 18.2. The molecule has 0 atom stereocenters. The third-order valence-corrected chi connectivity index (χ3v) is 5.84. The summed E-state index contributed by atoms with van der Waals surface area (Å²) in [6.45, 7) is 10.4. The Balaban J connectivity index is 1.66. The molecule has 0 unspecified atom stereocenters. The van der Waals surface area contributed by atoms with Gasteiger partial charge in [0.2, 0.25) is 0 Å². The first-order valence-electron chi connectivity index (χ1n) is 10.8. The van der Waals surface area contributed by atoms with Crippen LogP contribution in [0.2, 0.25) is 0 Å². The van der Waals surface area contributed by atoms with Crippen LogP contribution in [0.1, 0.15) is 30.4 Å². The number of carbonyl (C=O) groups is 1. The van der Waals surface area contributed by atoms with Gasteiger partial charge in [0.05, 0.1) is 36.4 Å². The molecule has 7 nitrogen and oxygen atoms in total. The Bertz CT molecular complexity index is 1010. The van der Waals surface area contributed by atoms with Crippen LogP contribution in [-0.2, 0) is 16.0 Å². The van der Waals surface area contributed by atoms with Gasteiger partial charge in [-0.1, -0.05) is 18.2 Å². The lowest BCUT2D eigenvalue weighted by Crippen LogP contribution is -2.41. The average Bonchev–Trinajstić information content (AvgIpc) is 3.27. The molecule has 1 saturated heterocycles. The Morgan fingerprint density at radius 3 is 2.67 bits per heavy atom. The summed E-state index contributed by atoms with van der Waals surface area (Å²) in [6, 6.07) is 10.7. The summed E-state index contributed by atoms with van der Waals surface area (Å²) in [4.78, 5) is 15.5. The molecule has 1 aromatic carbocycles. The maximum absolute atomic E-state index is 13.1. The normalized spacial score (nSPS) is 15.5. The number of morpholine rings is 1. The summed E-state index contributed by atoms with van der Waals surface area (Å²) < 4.78 is 15.2. The van der Waals surface area contributed by atoms with Crippen molar-refractivity contribution < 1.29 is 14.3 Å². The van der Waals surface area contributed by atoms with Gasteiger partial charge in [0, 0.05) is 51.3 Å². The number of fused-ring (bicyclic) bond motifs is 3. The molecule has 4 rings (SSSR count). The summed E-state index contributed by atoms with van der Waals surface area (Å²) in [5.41, 5.74) is 4.09. The fourth-order valence-corrected chi connectivity index (χ4v) is 4.42. The maximum Gasteiger partial charge on any atom is 0.268 e. The van der Waals surface area contributed by atoms with Crippen molar-refractivity contribution in [3.63, 3.8) is 0 Å². The molecular formula is C23H32N4O3. The van der Waals surface area contributed by atoms with Gasteiger partial charge in [-0.25, -0.2) is 0 Å². The minimum absolute atomic E-state index is 0.0325. The fourth-order valence-electron chi connectivity index (χ4n) is 4.42. The molecule has 3 aromatic rings. The fraction of sp³-hybridized carbons (Fsp3) is 0.522. The highest BCUT2D eigenvalue weighted by atomic mass is 16.5. The second-order valence-electron chi connectivity index (χ2n) is 8.10. The van der Waals surface area contributed by atoms with Crippen LogP contribution in [0.3, 0.4) is 0 Å². The molecule has 0 saturated carbocycles. The van der Waals surface area contributed by atoms with Gasteiger partial charge in [-0.15, -0.1) is 0 Å². The molecule has 2 aromatic heterocycles. The first kappa shape index (κ1) is 20.9. The molecule has 30 heavy (non-hydrogen) atoms. The number of rotatable bonds is 8. The van der Waals surface area contributed by atoms with Crippen molar-refractivity contribution in [1.29, 1.82) is 0 Å². The Kier molecular flexibility index (Phi) is 6.41. The predicted octanol–water partition coefficient (Wildman–Crippen LogP) is 2.89. The maximum atomic E-state index is 13.1. The monoisotopic (exact) mass is 412 g/mol. The molecular weight excluding hydrogens is 380 g/mol. The van der Waals surface area contributed by atoms with E-state index in [2.05, 4.69) is 57.5 Å². The van der Waals surface area contributed by atoms with Gasteiger partial charge in [-0.2, -0.15) is 0 Å². The molecule has 1 fully saturated rings. The second-order valence-corrected chi connectivity index (χ2v) is 8.10. The molecule has 1 aliphatic heterocycles. The summed E-state index contributed by atoms with van der Waals surface area (Å²) in [6.07, 6.45) is 0. The van der Waals surface area contributed by atoms with E-state index in [9.17, 15) is 4.79 Å². The van der Waals surface area contributed by atoms with Crippen LogP contribution in [0.4, 0.5) is 0 Å². The van der Waals surface area contributed by atoms with Crippen molar-refractivity contribution in [2.75, 3.05) is 53.1 Å². The van der Waals surface area contributed by atoms with E-state index in [0.29, 0.717) is 31.4 Å². The minimum atomic E-state index is -0.0325. The van der Waals surface area contributed by atoms with E-state index in [1.165, 1.54) is 10.9 Å². The average molecular weight is 413 g/mol. The number of nitrogens with zero attached hydrogens (tertiary/aromatic N) is 3. The molecule has 7 heteroatoms. The number of hydrogen-bond acceptors (Lipinski definition) is 4. The van der Waals surface area contributed by atoms with Crippen molar-refractivity contribution >= 4 is 27.8 Å². The Morgan fingerprint density at radius 2 is 1.93 bits per heavy atom. The lowest BCUT2D eigenvalue weighted by molar-refractivity contribution is 0.0383. The number of para-hydroxylation sites is 1. The van der Waals surface area contributed by atoms with Gasteiger partial charge in [0.15, 0.2) is 0 Å². The lowest BCUT2D eigenvalue weighted by atomic mass is 10.2. The van der Waals surface area contributed by atoms with Crippen molar-refractivity contribution in [3.05, 3.63) is 36.0 Å². The Morgan fingerprint density at radius 1 is 1.17 bits per heavy atom. The van der Waals surface area contributed by atoms with Crippen LogP contribution >= 0.6 is 0 Å². The van der Waals surface area contributed by atoms with Gasteiger partial charge in [0.1, 0.15) is 5.69 Å². The van der Waals surface area contributed by atoms with Crippen LogP contribution in [-0.4, -0.2) is 73.1 Å².